The van der Waals surface area contributed by atoms with Crippen molar-refractivity contribution in [1.82, 2.24) is 14.7 Å². The molecule has 1 aromatic carbocycles. The summed E-state index contributed by atoms with van der Waals surface area (Å²) >= 11 is 0. The third kappa shape index (κ3) is 3.38. The van der Waals surface area contributed by atoms with Crippen LogP contribution in [0.15, 0.2) is 29.1 Å². The van der Waals surface area contributed by atoms with Gasteiger partial charge in [-0.3, -0.25) is 9.59 Å². The van der Waals surface area contributed by atoms with Crippen molar-refractivity contribution in [2.45, 2.75) is 19.3 Å². The van der Waals surface area contributed by atoms with E-state index in [0.29, 0.717) is 13.1 Å². The van der Waals surface area contributed by atoms with Crippen molar-refractivity contribution in [3.8, 4) is 11.6 Å². The highest BCUT2D eigenvalue weighted by Gasteiger charge is 2.24. The molecule has 0 aliphatic carbocycles. The second kappa shape index (κ2) is 7.00. The quantitative estimate of drug-likeness (QED) is 0.852. The molecule has 1 fully saturated rings. The van der Waals surface area contributed by atoms with Crippen molar-refractivity contribution in [2.24, 2.45) is 0 Å². The van der Waals surface area contributed by atoms with Gasteiger partial charge in [-0.15, -0.1) is 0 Å². The summed E-state index contributed by atoms with van der Waals surface area (Å²) in [6.45, 7) is 1.13. The molecule has 1 amide bonds. The molecule has 1 saturated heterocycles. The molecule has 0 spiro atoms. The number of halogens is 2. The Morgan fingerprint density at radius 3 is 2.48 bits per heavy atom. The minimum atomic E-state index is -1.07. The van der Waals surface area contributed by atoms with Crippen molar-refractivity contribution in [3.05, 3.63) is 51.8 Å². The molecule has 0 atom stereocenters. The number of amides is 1. The molecule has 2 aromatic rings. The molecule has 8 heteroatoms. The van der Waals surface area contributed by atoms with Crippen LogP contribution in [-0.2, 0) is 0 Å². The van der Waals surface area contributed by atoms with Crippen LogP contribution in [0.5, 0.6) is 5.88 Å². The van der Waals surface area contributed by atoms with Gasteiger partial charge in [-0.2, -0.15) is 5.10 Å². The topological polar surface area (TPSA) is 64.4 Å². The molecule has 1 aliphatic heterocycles. The minimum absolute atomic E-state index is 0.0196. The van der Waals surface area contributed by atoms with E-state index in [4.69, 9.17) is 4.74 Å². The molecule has 0 radical (unpaired) electrons. The van der Waals surface area contributed by atoms with Gasteiger partial charge in [0, 0.05) is 19.2 Å². The number of benzene rings is 1. The fraction of sp³-hybridized carbons (Fsp3) is 0.353. The zero-order valence-corrected chi connectivity index (χ0v) is 13.7. The van der Waals surface area contributed by atoms with Crippen LogP contribution < -0.4 is 10.2 Å². The Kier molecular flexibility index (Phi) is 4.78. The van der Waals surface area contributed by atoms with Gasteiger partial charge in [-0.05, 0) is 31.4 Å². The largest absolute Gasteiger partial charge is 0.481 e. The molecule has 0 bridgehead atoms. The van der Waals surface area contributed by atoms with Crippen LogP contribution in [0, 0.1) is 11.6 Å². The molecule has 2 heterocycles. The zero-order chi connectivity index (χ0) is 18.0. The van der Waals surface area contributed by atoms with Crippen LogP contribution in [-0.4, -0.2) is 40.8 Å². The first-order valence-electron chi connectivity index (χ1n) is 7.94. The average molecular weight is 349 g/mol. The molecule has 3 rings (SSSR count). The summed E-state index contributed by atoms with van der Waals surface area (Å²) in [6, 6.07) is 4.26. The van der Waals surface area contributed by atoms with Gasteiger partial charge in [-0.1, -0.05) is 0 Å². The molecule has 1 aliphatic rings. The summed E-state index contributed by atoms with van der Waals surface area (Å²) in [5.74, 6) is -2.52. The van der Waals surface area contributed by atoms with Crippen LogP contribution in [0.2, 0.25) is 0 Å². The number of rotatable bonds is 3. The number of carbonyl (C=O) groups excluding carboxylic acids is 1. The molecule has 6 nitrogen and oxygen atoms in total. The Balaban J connectivity index is 2.07. The molecular weight excluding hydrogens is 332 g/mol. The SMILES string of the molecule is COc1cc(=O)c(C(=O)N2CCCCC2)nn1-c1ccc(F)c(F)c1. The van der Waals surface area contributed by atoms with E-state index in [-0.39, 0.29) is 17.3 Å². The van der Waals surface area contributed by atoms with Gasteiger partial charge in [0.2, 0.25) is 11.3 Å². The Morgan fingerprint density at radius 1 is 1.12 bits per heavy atom. The highest BCUT2D eigenvalue weighted by Crippen LogP contribution is 2.18. The molecule has 25 heavy (non-hydrogen) atoms. The first kappa shape index (κ1) is 17.1. The predicted octanol–water partition coefficient (Wildman–Crippen LogP) is 2.15. The summed E-state index contributed by atoms with van der Waals surface area (Å²) < 4.78 is 32.9. The highest BCUT2D eigenvalue weighted by molar-refractivity contribution is 5.92. The van der Waals surface area contributed by atoms with E-state index in [2.05, 4.69) is 5.10 Å². The number of piperidine rings is 1. The molecule has 0 saturated carbocycles. The van der Waals surface area contributed by atoms with E-state index in [1.54, 1.807) is 4.90 Å². The summed E-state index contributed by atoms with van der Waals surface area (Å²) in [7, 11) is 1.32. The van der Waals surface area contributed by atoms with Gasteiger partial charge in [0.15, 0.2) is 17.3 Å². The Hall–Kier alpha value is -2.77. The van der Waals surface area contributed by atoms with E-state index < -0.39 is 23.0 Å². The minimum Gasteiger partial charge on any atom is -0.481 e. The Morgan fingerprint density at radius 2 is 1.84 bits per heavy atom. The molecule has 0 N–H and O–H groups in total. The van der Waals surface area contributed by atoms with Gasteiger partial charge >= 0.3 is 0 Å². The first-order valence-corrected chi connectivity index (χ1v) is 7.94. The van der Waals surface area contributed by atoms with Gasteiger partial charge < -0.3 is 9.64 Å². The fourth-order valence-corrected chi connectivity index (χ4v) is 2.78. The van der Waals surface area contributed by atoms with Crippen molar-refractivity contribution >= 4 is 5.91 Å². The number of likely N-dealkylation sites (tertiary alicyclic amines) is 1. The third-order valence-corrected chi connectivity index (χ3v) is 4.10. The van der Waals surface area contributed by atoms with E-state index in [1.807, 2.05) is 0 Å². The molecular formula is C17H17F2N3O3. The van der Waals surface area contributed by atoms with E-state index in [9.17, 15) is 18.4 Å². The number of carbonyl (C=O) groups is 1. The van der Waals surface area contributed by atoms with E-state index in [0.717, 1.165) is 42.1 Å². The van der Waals surface area contributed by atoms with Crippen molar-refractivity contribution < 1.29 is 18.3 Å². The monoisotopic (exact) mass is 349 g/mol. The number of ether oxygens (including phenoxy) is 1. The summed E-state index contributed by atoms with van der Waals surface area (Å²) in [6.07, 6.45) is 2.79. The van der Waals surface area contributed by atoms with Crippen LogP contribution in [0.4, 0.5) is 8.78 Å². The van der Waals surface area contributed by atoms with Crippen molar-refractivity contribution in [1.29, 1.82) is 0 Å². The van der Waals surface area contributed by atoms with Crippen molar-refractivity contribution in [2.75, 3.05) is 20.2 Å². The van der Waals surface area contributed by atoms with Crippen molar-refractivity contribution in [3.63, 3.8) is 0 Å². The number of methoxy groups -OCH3 is 1. The smallest absolute Gasteiger partial charge is 0.278 e. The van der Waals surface area contributed by atoms with Crippen LogP contribution in [0.1, 0.15) is 29.8 Å². The fourth-order valence-electron chi connectivity index (χ4n) is 2.78. The lowest BCUT2D eigenvalue weighted by Gasteiger charge is -2.26. The Bertz CT molecular complexity index is 861. The number of aromatic nitrogens is 2. The lowest BCUT2D eigenvalue weighted by Crippen LogP contribution is -2.39. The lowest BCUT2D eigenvalue weighted by molar-refractivity contribution is 0.0714. The number of hydrogen-bond donors (Lipinski definition) is 0. The average Bonchev–Trinajstić information content (AvgIpc) is 2.64. The second-order valence-corrected chi connectivity index (χ2v) is 5.76. The number of hydrogen-bond acceptors (Lipinski definition) is 4. The summed E-state index contributed by atoms with van der Waals surface area (Å²) in [5, 5.41) is 4.06. The predicted molar refractivity (Wildman–Crippen MR) is 86.1 cm³/mol. The van der Waals surface area contributed by atoms with Crippen LogP contribution in [0.3, 0.4) is 0 Å². The van der Waals surface area contributed by atoms with Gasteiger partial charge in [-0.25, -0.2) is 13.5 Å². The first-order chi connectivity index (χ1) is 12.0. The maximum atomic E-state index is 13.5. The maximum absolute atomic E-state index is 13.5. The van der Waals surface area contributed by atoms with Gasteiger partial charge in [0.1, 0.15) is 0 Å². The van der Waals surface area contributed by atoms with Gasteiger partial charge in [0.05, 0.1) is 18.9 Å². The normalized spacial score (nSPS) is 14.4. The second-order valence-electron chi connectivity index (χ2n) is 5.76. The van der Waals surface area contributed by atoms with Crippen LogP contribution in [0.25, 0.3) is 5.69 Å². The van der Waals surface area contributed by atoms with Gasteiger partial charge in [0.25, 0.3) is 5.91 Å². The summed E-state index contributed by atoms with van der Waals surface area (Å²) in [4.78, 5) is 26.4. The highest BCUT2D eigenvalue weighted by atomic mass is 19.2. The van der Waals surface area contributed by atoms with Crippen LogP contribution >= 0.6 is 0 Å². The van der Waals surface area contributed by atoms with E-state index in [1.165, 1.54) is 13.2 Å². The standard InChI is InChI=1S/C17H17F2N3O3/c1-25-15-10-14(23)16(17(24)21-7-3-2-4-8-21)20-22(15)11-5-6-12(18)13(19)9-11/h5-6,9-10H,2-4,7-8H2,1H3. The zero-order valence-electron chi connectivity index (χ0n) is 13.7. The lowest BCUT2D eigenvalue weighted by atomic mass is 10.1. The molecule has 0 unspecified atom stereocenters. The third-order valence-electron chi connectivity index (χ3n) is 4.10. The molecule has 132 valence electrons. The molecule has 1 aromatic heterocycles. The maximum Gasteiger partial charge on any atom is 0.278 e. The Labute approximate surface area is 142 Å². The van der Waals surface area contributed by atoms with E-state index >= 15 is 0 Å². The summed E-state index contributed by atoms with van der Waals surface area (Å²) in [5.41, 5.74) is -0.706. The number of nitrogens with zero attached hydrogens (tertiary/aromatic N) is 3.